The molecule has 48 heavy (non-hydrogen) atoms. The maximum absolute atomic E-state index is 12.5. The highest BCUT2D eigenvalue weighted by molar-refractivity contribution is 7.99. The zero-order valence-corrected chi connectivity index (χ0v) is 29.2. The Morgan fingerprint density at radius 3 is 2.35 bits per heavy atom. The van der Waals surface area contributed by atoms with Crippen LogP contribution in [-0.4, -0.2) is 75.4 Å². The largest absolute Gasteiger partial charge is 0.497 e. The van der Waals surface area contributed by atoms with Gasteiger partial charge >= 0.3 is 17.9 Å². The van der Waals surface area contributed by atoms with Crippen molar-refractivity contribution in [2.24, 2.45) is 0 Å². The van der Waals surface area contributed by atoms with E-state index < -0.39 is 47.7 Å². The highest BCUT2D eigenvalue weighted by Gasteiger charge is 2.52. The third kappa shape index (κ3) is 8.96. The van der Waals surface area contributed by atoms with E-state index in [9.17, 15) is 14.4 Å². The molecule has 17 heteroatoms. The van der Waals surface area contributed by atoms with Crippen LogP contribution in [0.1, 0.15) is 32.4 Å². The number of thiazole rings is 1. The zero-order valence-electron chi connectivity index (χ0n) is 26.0. The number of aromatic nitrogens is 4. The molecule has 0 N–H and O–H groups in total. The predicted octanol–water partition coefficient (Wildman–Crippen LogP) is 5.78. The van der Waals surface area contributed by atoms with Crippen molar-refractivity contribution in [1.82, 2.24) is 20.0 Å². The second-order valence-corrected chi connectivity index (χ2v) is 13.2. The van der Waals surface area contributed by atoms with Gasteiger partial charge in [0.15, 0.2) is 12.2 Å². The molecule has 13 nitrogen and oxygen atoms in total. The van der Waals surface area contributed by atoms with Crippen molar-refractivity contribution < 1.29 is 42.8 Å². The molecule has 1 fully saturated rings. The number of esters is 3. The van der Waals surface area contributed by atoms with Crippen LogP contribution < -0.4 is 9.47 Å². The Morgan fingerprint density at radius 1 is 0.958 bits per heavy atom. The number of rotatable bonds is 12. The molecule has 1 saturated heterocycles. The molecule has 5 rings (SSSR count). The van der Waals surface area contributed by atoms with E-state index in [2.05, 4.69) is 15.3 Å². The van der Waals surface area contributed by atoms with Gasteiger partial charge in [-0.15, -0.1) is 5.10 Å². The van der Waals surface area contributed by atoms with Gasteiger partial charge in [-0.05, 0) is 35.9 Å². The van der Waals surface area contributed by atoms with Gasteiger partial charge in [-0.3, -0.25) is 14.4 Å². The highest BCUT2D eigenvalue weighted by atomic mass is 35.5. The number of carbonyl (C=O) groups is 3. The van der Waals surface area contributed by atoms with E-state index in [4.69, 9.17) is 51.6 Å². The predicted molar refractivity (Wildman–Crippen MR) is 176 cm³/mol. The maximum atomic E-state index is 12.5. The molecule has 2 aromatic heterocycles. The molecular formula is C31H30Cl2N4O9S2. The minimum Gasteiger partial charge on any atom is -0.497 e. The molecule has 4 aromatic rings. The van der Waals surface area contributed by atoms with Crippen molar-refractivity contribution in [2.45, 2.75) is 62.1 Å². The lowest BCUT2D eigenvalue weighted by molar-refractivity contribution is -0.212. The first-order valence-corrected chi connectivity index (χ1v) is 16.9. The average molecular weight is 738 g/mol. The lowest BCUT2D eigenvalue weighted by Crippen LogP contribution is -2.57. The number of carbonyl (C=O) groups excluding carboxylic acids is 3. The van der Waals surface area contributed by atoms with Crippen molar-refractivity contribution in [3.63, 3.8) is 0 Å². The van der Waals surface area contributed by atoms with Crippen LogP contribution in [0.15, 0.2) is 58.9 Å². The number of hydrogen-bond donors (Lipinski definition) is 0. The lowest BCUT2D eigenvalue weighted by Gasteiger charge is -2.44. The number of ether oxygens (including phenoxy) is 6. The molecule has 0 bridgehead atoms. The average Bonchev–Trinajstić information content (AvgIpc) is 3.72. The SMILES string of the molecule is COc1ccc(COc2nc(-c3cn(C4[C@@H](OC(C)=O)C(COC(C)=O)O[C@H](Sc5ccc(Cl)c(Cl)c5)[C@H]4OC(C)=O)nn3)cs2)cc1. The topological polar surface area (TPSA) is 150 Å². The summed E-state index contributed by atoms with van der Waals surface area (Å²) in [6.07, 6.45) is -1.59. The number of methoxy groups -OCH3 is 1. The van der Waals surface area contributed by atoms with Crippen LogP contribution in [0.25, 0.3) is 11.4 Å². The molecule has 0 aliphatic carbocycles. The number of hydrogen-bond acceptors (Lipinski definition) is 14. The normalized spacial score (nSPS) is 20.5. The van der Waals surface area contributed by atoms with Crippen LogP contribution in [0.4, 0.5) is 0 Å². The van der Waals surface area contributed by atoms with Crippen LogP contribution in [0.5, 0.6) is 10.9 Å². The summed E-state index contributed by atoms with van der Waals surface area (Å²) in [4.78, 5) is 41.8. The fraction of sp³-hybridized carbons (Fsp3) is 0.355. The Morgan fingerprint density at radius 2 is 1.69 bits per heavy atom. The Labute approximate surface area is 293 Å². The van der Waals surface area contributed by atoms with Gasteiger partial charge in [0.2, 0.25) is 0 Å². The number of thioether (sulfide) groups is 1. The summed E-state index contributed by atoms with van der Waals surface area (Å²) in [5, 5.41) is 11.5. The van der Waals surface area contributed by atoms with Crippen LogP contribution in [-0.2, 0) is 39.9 Å². The smallest absolute Gasteiger partial charge is 0.303 e. The van der Waals surface area contributed by atoms with Crippen molar-refractivity contribution >= 4 is 64.2 Å². The quantitative estimate of drug-likeness (QED) is 0.128. The van der Waals surface area contributed by atoms with E-state index in [1.54, 1.807) is 36.9 Å². The van der Waals surface area contributed by atoms with E-state index in [0.29, 0.717) is 38.1 Å². The first kappa shape index (κ1) is 35.4. The lowest BCUT2D eigenvalue weighted by atomic mass is 9.96. The second kappa shape index (κ2) is 16.0. The van der Waals surface area contributed by atoms with Crippen LogP contribution in [0.3, 0.4) is 0 Å². The fourth-order valence-corrected chi connectivity index (χ4v) is 6.99. The van der Waals surface area contributed by atoms with Gasteiger partial charge in [-0.2, -0.15) is 0 Å². The summed E-state index contributed by atoms with van der Waals surface area (Å²) in [6, 6.07) is 11.5. The van der Waals surface area contributed by atoms with Gasteiger partial charge in [0.25, 0.3) is 5.19 Å². The van der Waals surface area contributed by atoms with Crippen LogP contribution in [0.2, 0.25) is 10.0 Å². The van der Waals surface area contributed by atoms with E-state index in [1.807, 2.05) is 24.3 Å². The number of nitrogens with zero attached hydrogens (tertiary/aromatic N) is 4. The summed E-state index contributed by atoms with van der Waals surface area (Å²) in [6.45, 7) is 3.75. The molecule has 0 amide bonds. The van der Waals surface area contributed by atoms with Crippen molar-refractivity contribution in [3.8, 4) is 22.3 Å². The third-order valence-corrected chi connectivity index (χ3v) is 9.53. The number of benzene rings is 2. The van der Waals surface area contributed by atoms with E-state index in [0.717, 1.165) is 11.3 Å². The molecule has 254 valence electrons. The van der Waals surface area contributed by atoms with Crippen molar-refractivity contribution in [3.05, 3.63) is 69.7 Å². The van der Waals surface area contributed by atoms with Gasteiger partial charge in [-0.25, -0.2) is 9.67 Å². The molecule has 2 unspecified atom stereocenters. The molecule has 1 aliphatic rings. The minimum absolute atomic E-state index is 0.266. The second-order valence-electron chi connectivity index (χ2n) is 10.4. The highest BCUT2D eigenvalue weighted by Crippen LogP contribution is 2.42. The Hall–Kier alpha value is -3.89. The van der Waals surface area contributed by atoms with E-state index in [-0.39, 0.29) is 6.61 Å². The Kier molecular flexibility index (Phi) is 11.8. The van der Waals surface area contributed by atoms with E-state index >= 15 is 0 Å². The van der Waals surface area contributed by atoms with Gasteiger partial charge < -0.3 is 28.4 Å². The first-order valence-electron chi connectivity index (χ1n) is 14.4. The summed E-state index contributed by atoms with van der Waals surface area (Å²) >= 11 is 14.9. The summed E-state index contributed by atoms with van der Waals surface area (Å²) < 4.78 is 35.7. The summed E-state index contributed by atoms with van der Waals surface area (Å²) in [7, 11) is 1.60. The molecular weight excluding hydrogens is 707 g/mol. The molecule has 3 heterocycles. The van der Waals surface area contributed by atoms with Crippen molar-refractivity contribution in [1.29, 1.82) is 0 Å². The minimum atomic E-state index is -1.12. The molecule has 2 aromatic carbocycles. The Balaban J connectivity index is 1.46. The third-order valence-electron chi connectivity index (χ3n) is 6.90. The van der Waals surface area contributed by atoms with Gasteiger partial charge in [-0.1, -0.05) is 63.6 Å². The zero-order chi connectivity index (χ0) is 34.4. The molecule has 1 aliphatic heterocycles. The van der Waals surface area contributed by atoms with Gasteiger partial charge in [0, 0.05) is 31.0 Å². The first-order chi connectivity index (χ1) is 23.0. The monoisotopic (exact) mass is 736 g/mol. The molecule has 0 spiro atoms. The summed E-state index contributed by atoms with van der Waals surface area (Å²) in [5.74, 6) is -1.08. The Bertz CT molecular complexity index is 1750. The fourth-order valence-electron chi connectivity index (χ4n) is 4.81. The van der Waals surface area contributed by atoms with Crippen LogP contribution >= 0.6 is 46.3 Å². The molecule has 0 saturated carbocycles. The van der Waals surface area contributed by atoms with Crippen LogP contribution in [0, 0.1) is 0 Å². The van der Waals surface area contributed by atoms with Crippen molar-refractivity contribution in [2.75, 3.05) is 13.7 Å². The molecule has 5 atom stereocenters. The molecule has 0 radical (unpaired) electrons. The van der Waals surface area contributed by atoms with Gasteiger partial charge in [0.05, 0.1) is 23.4 Å². The standard InChI is InChI=1S/C31H30Cl2N4O9S2/c1-16(38)42-14-26-28(44-17(2)39)27(29(45-18(3)40)30(46-26)48-21-9-10-22(32)23(33)11-21)37-12-24(35-36-37)25-15-47-31(34-25)43-13-19-5-7-20(41-4)8-6-19/h5-12,15,26-30H,13-14H2,1-4H3/t26?,27?,28-,29-,30+/m0/s1. The summed E-state index contributed by atoms with van der Waals surface area (Å²) in [5.41, 5.74) is 0.885. The maximum Gasteiger partial charge on any atom is 0.303 e. The number of halogens is 2. The van der Waals surface area contributed by atoms with Gasteiger partial charge in [0.1, 0.15) is 47.9 Å². The van der Waals surface area contributed by atoms with E-state index in [1.165, 1.54) is 48.6 Å².